The molecule has 1 aliphatic heterocycles. The van der Waals surface area contributed by atoms with Gasteiger partial charge in [0.15, 0.2) is 5.82 Å². The molecule has 0 amide bonds. The molecule has 1 fully saturated rings. The molecule has 2 heterocycles. The number of aryl methyl sites for hydroxylation is 1. The highest BCUT2D eigenvalue weighted by Crippen LogP contribution is 2.38. The van der Waals surface area contributed by atoms with E-state index in [-0.39, 0.29) is 24.8 Å². The highest BCUT2D eigenvalue weighted by Gasteiger charge is 2.52. The van der Waals surface area contributed by atoms with Crippen molar-refractivity contribution < 1.29 is 27.6 Å². The zero-order valence-electron chi connectivity index (χ0n) is 13.3. The van der Waals surface area contributed by atoms with Crippen LogP contribution in [-0.4, -0.2) is 45.4 Å². The summed E-state index contributed by atoms with van der Waals surface area (Å²) in [7, 11) is 0. The van der Waals surface area contributed by atoms with Crippen molar-refractivity contribution >= 4 is 5.97 Å². The van der Waals surface area contributed by atoms with E-state index >= 15 is 0 Å². The van der Waals surface area contributed by atoms with Gasteiger partial charge in [-0.15, -0.1) is 0 Å². The molecule has 6 nitrogen and oxygen atoms in total. The van der Waals surface area contributed by atoms with Crippen molar-refractivity contribution in [2.75, 3.05) is 13.1 Å². The molecular formula is C16H16F3N3O3. The summed E-state index contributed by atoms with van der Waals surface area (Å²) in [6.45, 7) is 1.29. The van der Waals surface area contributed by atoms with Crippen LogP contribution in [-0.2, 0) is 11.3 Å². The Bertz CT molecular complexity index is 775. The smallest absolute Gasteiger partial charge is 0.393 e. The standard InChI is InChI=1S/C16H16F3N3O3/c1-9-4-2-3-5-10(9)14-20-13(21-25-14)8-22-6-11(15(23)24)12(7-22)16(17,18)19/h2-5,11-12H,6-8H2,1H3,(H,23,24)/t11-,12-/m1/s1. The van der Waals surface area contributed by atoms with E-state index in [0.29, 0.717) is 0 Å². The lowest BCUT2D eigenvalue weighted by atomic mass is 9.96. The van der Waals surface area contributed by atoms with Gasteiger partial charge in [-0.05, 0) is 18.6 Å². The van der Waals surface area contributed by atoms with Crippen LogP contribution >= 0.6 is 0 Å². The van der Waals surface area contributed by atoms with Gasteiger partial charge in [-0.1, -0.05) is 23.4 Å². The maximum atomic E-state index is 13.0. The number of alkyl halides is 3. The Morgan fingerprint density at radius 1 is 1.36 bits per heavy atom. The van der Waals surface area contributed by atoms with Gasteiger partial charge in [0.1, 0.15) is 0 Å². The average Bonchev–Trinajstić information content (AvgIpc) is 3.15. The molecule has 25 heavy (non-hydrogen) atoms. The number of carboxylic acids is 1. The predicted octanol–water partition coefficient (Wildman–Crippen LogP) is 2.74. The van der Waals surface area contributed by atoms with Crippen molar-refractivity contribution in [3.63, 3.8) is 0 Å². The van der Waals surface area contributed by atoms with Crippen LogP contribution in [0, 0.1) is 18.8 Å². The molecule has 2 atom stereocenters. The molecule has 0 bridgehead atoms. The van der Waals surface area contributed by atoms with Crippen LogP contribution in [0.25, 0.3) is 11.5 Å². The van der Waals surface area contributed by atoms with Crippen molar-refractivity contribution in [2.45, 2.75) is 19.6 Å². The fraction of sp³-hybridized carbons (Fsp3) is 0.438. The number of likely N-dealkylation sites (tertiary alicyclic amines) is 1. The maximum Gasteiger partial charge on any atom is 0.393 e. The van der Waals surface area contributed by atoms with Gasteiger partial charge in [0.05, 0.1) is 18.4 Å². The Morgan fingerprint density at radius 2 is 2.08 bits per heavy atom. The van der Waals surface area contributed by atoms with Crippen LogP contribution in [0.3, 0.4) is 0 Å². The third kappa shape index (κ3) is 3.65. The largest absolute Gasteiger partial charge is 0.481 e. The SMILES string of the molecule is Cc1ccccc1-c1nc(CN2C[C@@H](C(F)(F)F)[C@H](C(=O)O)C2)no1. The second kappa shape index (κ2) is 6.47. The molecule has 1 aromatic heterocycles. The summed E-state index contributed by atoms with van der Waals surface area (Å²) in [5.74, 6) is -4.31. The zero-order valence-corrected chi connectivity index (χ0v) is 13.3. The highest BCUT2D eigenvalue weighted by atomic mass is 19.4. The maximum absolute atomic E-state index is 13.0. The van der Waals surface area contributed by atoms with Crippen LogP contribution in [0.15, 0.2) is 28.8 Å². The van der Waals surface area contributed by atoms with Crippen LogP contribution in [0.5, 0.6) is 0 Å². The molecule has 9 heteroatoms. The fourth-order valence-electron chi connectivity index (χ4n) is 3.04. The van der Waals surface area contributed by atoms with E-state index in [1.807, 2.05) is 31.2 Å². The molecule has 1 aliphatic rings. The number of hydrogen-bond donors (Lipinski definition) is 1. The first-order valence-electron chi connectivity index (χ1n) is 7.66. The van der Waals surface area contributed by atoms with Gasteiger partial charge in [0.2, 0.25) is 0 Å². The number of nitrogens with zero attached hydrogens (tertiary/aromatic N) is 3. The predicted molar refractivity (Wildman–Crippen MR) is 80.4 cm³/mol. The number of benzene rings is 1. The van der Waals surface area contributed by atoms with Crippen LogP contribution in [0.2, 0.25) is 0 Å². The molecular weight excluding hydrogens is 339 g/mol. The molecule has 1 saturated heterocycles. The van der Waals surface area contributed by atoms with Crippen LogP contribution in [0.4, 0.5) is 13.2 Å². The number of halogens is 3. The molecule has 0 saturated carbocycles. The van der Waals surface area contributed by atoms with Gasteiger partial charge in [-0.3, -0.25) is 9.69 Å². The van der Waals surface area contributed by atoms with Crippen LogP contribution in [0.1, 0.15) is 11.4 Å². The molecule has 0 unspecified atom stereocenters. The van der Waals surface area contributed by atoms with E-state index in [1.165, 1.54) is 4.90 Å². The highest BCUT2D eigenvalue weighted by molar-refractivity contribution is 5.71. The molecule has 134 valence electrons. The number of hydrogen-bond acceptors (Lipinski definition) is 5. The fourth-order valence-corrected chi connectivity index (χ4v) is 3.04. The first-order valence-corrected chi connectivity index (χ1v) is 7.66. The van der Waals surface area contributed by atoms with Gasteiger partial charge < -0.3 is 9.63 Å². The van der Waals surface area contributed by atoms with Gasteiger partial charge >= 0.3 is 12.1 Å². The van der Waals surface area contributed by atoms with E-state index in [4.69, 9.17) is 9.63 Å². The topological polar surface area (TPSA) is 79.5 Å². The molecule has 2 aromatic rings. The summed E-state index contributed by atoms with van der Waals surface area (Å²) in [6, 6.07) is 7.37. The second-order valence-corrected chi connectivity index (χ2v) is 6.12. The Morgan fingerprint density at radius 3 is 2.68 bits per heavy atom. The average molecular weight is 355 g/mol. The monoisotopic (exact) mass is 355 g/mol. The summed E-state index contributed by atoms with van der Waals surface area (Å²) in [4.78, 5) is 16.7. The van der Waals surface area contributed by atoms with Crippen molar-refractivity contribution in [3.8, 4) is 11.5 Å². The zero-order chi connectivity index (χ0) is 18.2. The number of carboxylic acid groups (broad SMARTS) is 1. The minimum absolute atomic E-state index is 0.00570. The van der Waals surface area contributed by atoms with Gasteiger partial charge in [-0.25, -0.2) is 0 Å². The lowest BCUT2D eigenvalue weighted by molar-refractivity contribution is -0.188. The van der Waals surface area contributed by atoms with E-state index < -0.39 is 30.5 Å². The van der Waals surface area contributed by atoms with Crippen molar-refractivity contribution in [2.24, 2.45) is 11.8 Å². The summed E-state index contributed by atoms with van der Waals surface area (Å²) in [6.07, 6.45) is -4.55. The summed E-state index contributed by atoms with van der Waals surface area (Å²) in [5.41, 5.74) is 1.68. The minimum Gasteiger partial charge on any atom is -0.481 e. The van der Waals surface area contributed by atoms with E-state index in [1.54, 1.807) is 0 Å². The Kier molecular flexibility index (Phi) is 4.51. The number of carbonyl (C=O) groups is 1. The van der Waals surface area contributed by atoms with Gasteiger partial charge in [-0.2, -0.15) is 18.2 Å². The summed E-state index contributed by atoms with van der Waals surface area (Å²) in [5, 5.41) is 12.8. The Balaban J connectivity index is 1.74. The van der Waals surface area contributed by atoms with E-state index in [0.717, 1.165) is 11.1 Å². The Hall–Kier alpha value is -2.42. The minimum atomic E-state index is -4.55. The number of aromatic nitrogens is 2. The first-order chi connectivity index (χ1) is 11.8. The molecule has 0 spiro atoms. The quantitative estimate of drug-likeness (QED) is 0.908. The van der Waals surface area contributed by atoms with Crippen molar-refractivity contribution in [1.29, 1.82) is 0 Å². The third-order valence-electron chi connectivity index (χ3n) is 4.34. The summed E-state index contributed by atoms with van der Waals surface area (Å²) < 4.78 is 44.2. The first kappa shape index (κ1) is 17.4. The van der Waals surface area contributed by atoms with Crippen molar-refractivity contribution in [1.82, 2.24) is 15.0 Å². The lowest BCUT2D eigenvalue weighted by Crippen LogP contribution is -2.33. The van der Waals surface area contributed by atoms with Gasteiger partial charge in [0, 0.05) is 18.7 Å². The normalized spacial score (nSPS) is 21.6. The molecule has 1 aromatic carbocycles. The van der Waals surface area contributed by atoms with E-state index in [9.17, 15) is 18.0 Å². The Labute approximate surface area is 141 Å². The van der Waals surface area contributed by atoms with Gasteiger partial charge in [0.25, 0.3) is 5.89 Å². The number of rotatable bonds is 4. The van der Waals surface area contributed by atoms with Crippen molar-refractivity contribution in [3.05, 3.63) is 35.7 Å². The third-order valence-corrected chi connectivity index (χ3v) is 4.34. The van der Waals surface area contributed by atoms with Crippen LogP contribution < -0.4 is 0 Å². The molecule has 3 rings (SSSR count). The lowest BCUT2D eigenvalue weighted by Gasteiger charge is -2.18. The molecule has 0 aliphatic carbocycles. The van der Waals surface area contributed by atoms with E-state index in [2.05, 4.69) is 10.1 Å². The molecule has 1 N–H and O–H groups in total. The molecule has 0 radical (unpaired) electrons. The number of aliphatic carboxylic acids is 1. The summed E-state index contributed by atoms with van der Waals surface area (Å²) >= 11 is 0. The second-order valence-electron chi connectivity index (χ2n) is 6.12.